The molecule has 3 rings (SSSR count). The molecule has 0 radical (unpaired) electrons. The lowest BCUT2D eigenvalue weighted by Gasteiger charge is -2.28. The zero-order valence-electron chi connectivity index (χ0n) is 16.2. The van der Waals surface area contributed by atoms with E-state index >= 15 is 0 Å². The number of methoxy groups -OCH3 is 2. The van der Waals surface area contributed by atoms with Gasteiger partial charge in [-0.15, -0.1) is 0 Å². The minimum absolute atomic E-state index is 0.0227. The Labute approximate surface area is 165 Å². The molecule has 0 spiro atoms. The van der Waals surface area contributed by atoms with Gasteiger partial charge in [-0.05, 0) is 49.6 Å². The molecule has 0 bridgehead atoms. The number of ether oxygens (including phenoxy) is 2. The fraction of sp³-hybridized carbons (Fsp3) is 0.350. The van der Waals surface area contributed by atoms with Crippen LogP contribution in [0.4, 0.5) is 11.4 Å². The van der Waals surface area contributed by atoms with Gasteiger partial charge in [0.2, 0.25) is 5.91 Å². The molecule has 2 aromatic rings. The summed E-state index contributed by atoms with van der Waals surface area (Å²) in [5.74, 6) is 0.681. The second-order valence-electron chi connectivity index (χ2n) is 6.63. The Morgan fingerprint density at radius 1 is 1.04 bits per heavy atom. The molecule has 0 atom stereocenters. The summed E-state index contributed by atoms with van der Waals surface area (Å²) in [6.45, 7) is 2.54. The predicted octanol–water partition coefficient (Wildman–Crippen LogP) is 3.33. The van der Waals surface area contributed by atoms with E-state index < -0.39 is 10.0 Å². The zero-order valence-corrected chi connectivity index (χ0v) is 17.0. The molecule has 0 aromatic heterocycles. The van der Waals surface area contributed by atoms with E-state index in [1.165, 1.54) is 20.3 Å². The fourth-order valence-corrected chi connectivity index (χ4v) is 4.46. The second kappa shape index (κ2) is 8.10. The first kappa shape index (κ1) is 20.0. The van der Waals surface area contributed by atoms with Crippen molar-refractivity contribution in [2.75, 3.05) is 30.4 Å². The van der Waals surface area contributed by atoms with Gasteiger partial charge in [-0.25, -0.2) is 8.42 Å². The predicted molar refractivity (Wildman–Crippen MR) is 108 cm³/mol. The van der Waals surface area contributed by atoms with E-state index in [2.05, 4.69) is 4.72 Å². The van der Waals surface area contributed by atoms with Crippen molar-refractivity contribution in [2.24, 2.45) is 0 Å². The topological polar surface area (TPSA) is 84.9 Å². The number of hydrogen-bond donors (Lipinski definition) is 1. The van der Waals surface area contributed by atoms with Crippen molar-refractivity contribution in [3.63, 3.8) is 0 Å². The van der Waals surface area contributed by atoms with Crippen molar-refractivity contribution < 1.29 is 22.7 Å². The number of rotatable bonds is 6. The van der Waals surface area contributed by atoms with Crippen LogP contribution in [-0.2, 0) is 14.8 Å². The van der Waals surface area contributed by atoms with E-state index in [4.69, 9.17) is 9.47 Å². The Bertz CT molecular complexity index is 988. The molecule has 2 aromatic carbocycles. The van der Waals surface area contributed by atoms with Crippen LogP contribution in [0.3, 0.4) is 0 Å². The number of aryl methyl sites for hydroxylation is 1. The molecular formula is C20H24N2O5S. The van der Waals surface area contributed by atoms with Crippen molar-refractivity contribution in [3.05, 3.63) is 42.0 Å². The van der Waals surface area contributed by atoms with Gasteiger partial charge in [0, 0.05) is 24.7 Å². The van der Waals surface area contributed by atoms with Crippen molar-refractivity contribution in [1.29, 1.82) is 0 Å². The normalized spacial score (nSPS) is 14.7. The second-order valence-corrected chi connectivity index (χ2v) is 8.28. The van der Waals surface area contributed by atoms with Gasteiger partial charge >= 0.3 is 0 Å². The average Bonchev–Trinajstić information content (AvgIpc) is 2.69. The Kier molecular flexibility index (Phi) is 5.79. The van der Waals surface area contributed by atoms with Crippen LogP contribution in [0.1, 0.15) is 24.8 Å². The average molecular weight is 404 g/mol. The summed E-state index contributed by atoms with van der Waals surface area (Å²) in [6, 6.07) is 9.76. The third-order valence-corrected chi connectivity index (χ3v) is 6.14. The van der Waals surface area contributed by atoms with Gasteiger partial charge in [0.25, 0.3) is 10.0 Å². The number of carbonyl (C=O) groups excluding carboxylic acids is 1. The molecule has 0 aliphatic carbocycles. The van der Waals surface area contributed by atoms with E-state index in [0.29, 0.717) is 24.4 Å². The largest absolute Gasteiger partial charge is 0.497 e. The molecule has 1 heterocycles. The first-order valence-electron chi connectivity index (χ1n) is 9.01. The summed E-state index contributed by atoms with van der Waals surface area (Å²) in [7, 11) is -1.05. The van der Waals surface area contributed by atoms with Crippen LogP contribution < -0.4 is 19.1 Å². The molecule has 1 fully saturated rings. The summed E-state index contributed by atoms with van der Waals surface area (Å²) in [4.78, 5) is 14.0. The van der Waals surface area contributed by atoms with Crippen LogP contribution in [0.2, 0.25) is 0 Å². The summed E-state index contributed by atoms with van der Waals surface area (Å²) in [5, 5.41) is 0. The third kappa shape index (κ3) is 4.06. The van der Waals surface area contributed by atoms with E-state index in [0.717, 1.165) is 24.1 Å². The number of benzene rings is 2. The highest BCUT2D eigenvalue weighted by molar-refractivity contribution is 7.92. The molecule has 28 heavy (non-hydrogen) atoms. The summed E-state index contributed by atoms with van der Waals surface area (Å²) >= 11 is 0. The highest BCUT2D eigenvalue weighted by atomic mass is 32.2. The lowest BCUT2D eigenvalue weighted by molar-refractivity contribution is -0.119. The highest BCUT2D eigenvalue weighted by Gasteiger charge is 2.24. The lowest BCUT2D eigenvalue weighted by atomic mass is 10.1. The third-order valence-electron chi connectivity index (χ3n) is 4.74. The quantitative estimate of drug-likeness (QED) is 0.798. The molecule has 150 valence electrons. The van der Waals surface area contributed by atoms with Crippen molar-refractivity contribution in [3.8, 4) is 11.5 Å². The van der Waals surface area contributed by atoms with Crippen LogP contribution in [0, 0.1) is 6.92 Å². The Morgan fingerprint density at radius 3 is 2.50 bits per heavy atom. The van der Waals surface area contributed by atoms with Gasteiger partial charge < -0.3 is 14.4 Å². The fourth-order valence-electron chi connectivity index (χ4n) is 3.23. The minimum atomic E-state index is -3.92. The van der Waals surface area contributed by atoms with E-state index in [-0.39, 0.29) is 16.6 Å². The van der Waals surface area contributed by atoms with E-state index in [1.807, 2.05) is 6.92 Å². The zero-order chi connectivity index (χ0) is 20.3. The van der Waals surface area contributed by atoms with E-state index in [9.17, 15) is 13.2 Å². The molecule has 0 saturated carbocycles. The number of nitrogens with one attached hydrogen (secondary N) is 1. The van der Waals surface area contributed by atoms with Crippen LogP contribution in [0.5, 0.6) is 11.5 Å². The van der Waals surface area contributed by atoms with Crippen LogP contribution >= 0.6 is 0 Å². The molecule has 8 heteroatoms. The van der Waals surface area contributed by atoms with Gasteiger partial charge in [0.05, 0.1) is 19.9 Å². The Balaban J connectivity index is 1.95. The maximum Gasteiger partial charge on any atom is 0.265 e. The van der Waals surface area contributed by atoms with Gasteiger partial charge in [0.15, 0.2) is 0 Å². The summed E-state index contributed by atoms with van der Waals surface area (Å²) in [6.07, 6.45) is 2.33. The molecule has 0 unspecified atom stereocenters. The SMILES string of the molecule is COc1ccc(OC)c(S(=O)(=O)Nc2ccc(C)c(N3CCCCC3=O)c2)c1. The number of amides is 1. The molecule has 1 amide bonds. The molecule has 1 aliphatic rings. The van der Waals surface area contributed by atoms with Crippen molar-refractivity contribution in [2.45, 2.75) is 31.1 Å². The lowest BCUT2D eigenvalue weighted by Crippen LogP contribution is -2.35. The monoisotopic (exact) mass is 404 g/mol. The van der Waals surface area contributed by atoms with Crippen LogP contribution in [0.25, 0.3) is 0 Å². The summed E-state index contributed by atoms with van der Waals surface area (Å²) in [5.41, 5.74) is 2.02. The molecule has 1 N–H and O–H groups in total. The standard InChI is InChI=1S/C20H24N2O5S/c1-14-7-8-15(12-17(14)22-11-5-4-6-20(22)23)21-28(24,25)19-13-16(26-2)9-10-18(19)27-3/h7-10,12-13,21H,4-6,11H2,1-3H3. The summed E-state index contributed by atoms with van der Waals surface area (Å²) < 4.78 is 38.8. The number of nitrogens with zero attached hydrogens (tertiary/aromatic N) is 1. The van der Waals surface area contributed by atoms with Crippen LogP contribution in [-0.4, -0.2) is 35.1 Å². The number of anilines is 2. The van der Waals surface area contributed by atoms with Gasteiger partial charge in [-0.1, -0.05) is 6.07 Å². The van der Waals surface area contributed by atoms with Crippen LogP contribution in [0.15, 0.2) is 41.3 Å². The number of piperidine rings is 1. The minimum Gasteiger partial charge on any atom is -0.497 e. The molecule has 7 nitrogen and oxygen atoms in total. The molecular weight excluding hydrogens is 380 g/mol. The number of carbonyl (C=O) groups is 1. The Morgan fingerprint density at radius 2 is 1.82 bits per heavy atom. The number of hydrogen-bond acceptors (Lipinski definition) is 5. The smallest absolute Gasteiger partial charge is 0.265 e. The molecule has 1 saturated heterocycles. The van der Waals surface area contributed by atoms with Crippen molar-refractivity contribution in [1.82, 2.24) is 0 Å². The Hall–Kier alpha value is -2.74. The molecule has 1 aliphatic heterocycles. The van der Waals surface area contributed by atoms with Gasteiger partial charge in [-0.3, -0.25) is 9.52 Å². The maximum absolute atomic E-state index is 13.0. The number of sulfonamides is 1. The van der Waals surface area contributed by atoms with E-state index in [1.54, 1.807) is 35.2 Å². The van der Waals surface area contributed by atoms with Crippen molar-refractivity contribution >= 4 is 27.3 Å². The maximum atomic E-state index is 13.0. The van der Waals surface area contributed by atoms with Gasteiger partial charge in [0.1, 0.15) is 16.4 Å². The highest BCUT2D eigenvalue weighted by Crippen LogP contribution is 2.32. The first-order chi connectivity index (χ1) is 13.4. The first-order valence-corrected chi connectivity index (χ1v) is 10.5. The van der Waals surface area contributed by atoms with Gasteiger partial charge in [-0.2, -0.15) is 0 Å².